The third-order valence-corrected chi connectivity index (χ3v) is 7.04. The van der Waals surface area contributed by atoms with E-state index in [4.69, 9.17) is 11.6 Å². The highest BCUT2D eigenvalue weighted by Gasteiger charge is 2.31. The molecule has 1 aliphatic heterocycles. The van der Waals surface area contributed by atoms with Gasteiger partial charge in [-0.2, -0.15) is 0 Å². The van der Waals surface area contributed by atoms with Crippen LogP contribution in [0.4, 0.5) is 14.5 Å². The number of alkyl halides is 1. The Hall–Kier alpha value is -2.44. The largest absolute Gasteiger partial charge is 0.504 e. The number of anilines is 1. The maximum absolute atomic E-state index is 14.0. The molecule has 0 amide bonds. The summed E-state index contributed by atoms with van der Waals surface area (Å²) in [5, 5.41) is 14.1. The number of likely N-dealkylation sites (tertiary alicyclic amines) is 1. The molecule has 1 saturated carbocycles. The summed E-state index contributed by atoms with van der Waals surface area (Å²) in [5.74, 6) is -1.29. The molecule has 7 heteroatoms. The molecule has 2 fully saturated rings. The van der Waals surface area contributed by atoms with E-state index >= 15 is 0 Å². The van der Waals surface area contributed by atoms with Crippen molar-refractivity contribution in [2.75, 3.05) is 18.4 Å². The number of phenols is 1. The summed E-state index contributed by atoms with van der Waals surface area (Å²) >= 11 is 5.97. The van der Waals surface area contributed by atoms with Gasteiger partial charge in [0.15, 0.2) is 11.6 Å². The third-order valence-electron chi connectivity index (χ3n) is 6.75. The molecule has 0 spiro atoms. The maximum atomic E-state index is 14.0. The van der Waals surface area contributed by atoms with Crippen molar-refractivity contribution in [2.24, 2.45) is 0 Å². The van der Waals surface area contributed by atoms with Crippen LogP contribution in [0.5, 0.6) is 5.75 Å². The van der Waals surface area contributed by atoms with E-state index in [0.717, 1.165) is 54.4 Å². The van der Waals surface area contributed by atoms with Crippen LogP contribution in [-0.2, 0) is 0 Å². The molecule has 1 saturated heterocycles. The summed E-state index contributed by atoms with van der Waals surface area (Å²) in [6.45, 7) is 1.45. The number of nitrogens with zero attached hydrogens (tertiary/aromatic N) is 2. The Labute approximate surface area is 191 Å². The summed E-state index contributed by atoms with van der Waals surface area (Å²) in [7, 11) is 0. The summed E-state index contributed by atoms with van der Waals surface area (Å²) in [4.78, 5) is 6.72. The number of aromatic hydroxyl groups is 1. The van der Waals surface area contributed by atoms with Crippen molar-refractivity contribution in [2.45, 2.75) is 50.4 Å². The number of halogens is 3. The van der Waals surface area contributed by atoms with Crippen molar-refractivity contribution >= 4 is 28.2 Å². The van der Waals surface area contributed by atoms with Gasteiger partial charge in [-0.15, -0.1) is 0 Å². The molecule has 3 aromatic rings. The molecule has 32 heavy (non-hydrogen) atoms. The van der Waals surface area contributed by atoms with Crippen molar-refractivity contribution in [3.8, 4) is 16.9 Å². The van der Waals surface area contributed by atoms with E-state index < -0.39 is 17.7 Å². The SMILES string of the molecule is Oc1c(F)cc(-c2ccc3nc[c]c(NC4CCC(N5CC[C@@H](F)C5)CC4)c3c2)cc1Cl. The van der Waals surface area contributed by atoms with E-state index in [-0.39, 0.29) is 5.02 Å². The molecule has 1 aliphatic carbocycles. The van der Waals surface area contributed by atoms with Crippen molar-refractivity contribution < 1.29 is 13.9 Å². The first-order valence-electron chi connectivity index (χ1n) is 11.1. The van der Waals surface area contributed by atoms with Gasteiger partial charge in [0.2, 0.25) is 0 Å². The fourth-order valence-corrected chi connectivity index (χ4v) is 5.20. The first-order chi connectivity index (χ1) is 15.5. The molecule has 1 atom stereocenters. The van der Waals surface area contributed by atoms with E-state index in [2.05, 4.69) is 21.3 Å². The first-order valence-corrected chi connectivity index (χ1v) is 11.5. The van der Waals surface area contributed by atoms with Gasteiger partial charge in [0.05, 0.1) is 16.2 Å². The average molecular weight is 457 g/mol. The third kappa shape index (κ3) is 4.26. The van der Waals surface area contributed by atoms with Crippen molar-refractivity contribution in [3.63, 3.8) is 0 Å². The molecule has 2 aliphatic rings. The predicted octanol–water partition coefficient (Wildman–Crippen LogP) is 5.97. The predicted molar refractivity (Wildman–Crippen MR) is 123 cm³/mol. The standard InChI is InChI=1S/C25H25ClF2N3O/c26-21-12-16(13-22(28)25(21)32)15-1-6-23-20(11-15)24(7-9-29-23)30-18-2-4-19(5-3-18)31-10-8-17(27)14-31/h1,6,9,11-13,17-19,32H,2-5,8,10,14H2,(H,29,30)/t17-,18?,19?/m1/s1. The molecule has 0 bridgehead atoms. The quantitative estimate of drug-likeness (QED) is 0.508. The number of nitrogens with one attached hydrogen (secondary N) is 1. The van der Waals surface area contributed by atoms with Crippen LogP contribution in [0, 0.1) is 11.9 Å². The van der Waals surface area contributed by atoms with Gasteiger partial charge in [-0.3, -0.25) is 9.88 Å². The number of hydrogen-bond acceptors (Lipinski definition) is 4. The van der Waals surface area contributed by atoms with Gasteiger partial charge in [-0.05, 0) is 67.5 Å². The zero-order chi connectivity index (χ0) is 22.2. The number of hydrogen-bond donors (Lipinski definition) is 2. The molecule has 0 unspecified atom stereocenters. The van der Waals surface area contributed by atoms with Gasteiger partial charge in [0.25, 0.3) is 0 Å². The van der Waals surface area contributed by atoms with Crippen molar-refractivity contribution in [3.05, 3.63) is 53.4 Å². The molecule has 2 heterocycles. The lowest BCUT2D eigenvalue weighted by Gasteiger charge is -2.35. The molecule has 4 nitrogen and oxygen atoms in total. The zero-order valence-corrected chi connectivity index (χ0v) is 18.4. The van der Waals surface area contributed by atoms with Crippen LogP contribution < -0.4 is 5.32 Å². The Morgan fingerprint density at radius 3 is 2.62 bits per heavy atom. The van der Waals surface area contributed by atoms with Gasteiger partial charge < -0.3 is 10.4 Å². The van der Waals surface area contributed by atoms with E-state index in [1.807, 2.05) is 18.2 Å². The van der Waals surface area contributed by atoms with Crippen LogP contribution in [0.15, 0.2) is 36.5 Å². The second kappa shape index (κ2) is 8.83. The lowest BCUT2D eigenvalue weighted by molar-refractivity contribution is 0.173. The second-order valence-corrected chi connectivity index (χ2v) is 9.24. The fourth-order valence-electron chi connectivity index (χ4n) is 4.99. The molecule has 2 aromatic carbocycles. The number of pyridine rings is 1. The van der Waals surface area contributed by atoms with E-state index in [1.165, 1.54) is 6.07 Å². The Balaban J connectivity index is 1.35. The van der Waals surface area contributed by atoms with Crippen LogP contribution in [0.3, 0.4) is 0 Å². The monoisotopic (exact) mass is 456 g/mol. The molecule has 1 radical (unpaired) electrons. The van der Waals surface area contributed by atoms with E-state index in [0.29, 0.717) is 30.6 Å². The highest BCUT2D eigenvalue weighted by Crippen LogP contribution is 2.35. The summed E-state index contributed by atoms with van der Waals surface area (Å²) < 4.78 is 27.6. The first kappa shape index (κ1) is 21.4. The van der Waals surface area contributed by atoms with Crippen LogP contribution in [0.2, 0.25) is 5.02 Å². The summed E-state index contributed by atoms with van der Waals surface area (Å²) in [5.41, 5.74) is 3.05. The minimum absolute atomic E-state index is 0.0231. The highest BCUT2D eigenvalue weighted by atomic mass is 35.5. The van der Waals surface area contributed by atoms with Gasteiger partial charge in [-0.25, -0.2) is 8.78 Å². The minimum Gasteiger partial charge on any atom is -0.504 e. The number of rotatable bonds is 4. The summed E-state index contributed by atoms with van der Waals surface area (Å²) in [6, 6.07) is 12.5. The van der Waals surface area contributed by atoms with E-state index in [1.54, 1.807) is 12.3 Å². The van der Waals surface area contributed by atoms with Crippen LogP contribution in [-0.4, -0.2) is 46.3 Å². The van der Waals surface area contributed by atoms with E-state index in [9.17, 15) is 13.9 Å². The number of phenolic OH excluding ortho intramolecular Hbond substituents is 1. The van der Waals surface area contributed by atoms with Crippen LogP contribution >= 0.6 is 11.6 Å². The lowest BCUT2D eigenvalue weighted by atomic mass is 9.90. The second-order valence-electron chi connectivity index (χ2n) is 8.83. The molecule has 167 valence electrons. The molecular weight excluding hydrogens is 432 g/mol. The molecular formula is C25H25ClF2N3O. The molecule has 5 rings (SSSR count). The van der Waals surface area contributed by atoms with Crippen molar-refractivity contribution in [1.29, 1.82) is 0 Å². The Bertz CT molecular complexity index is 1110. The summed E-state index contributed by atoms with van der Waals surface area (Å²) in [6.07, 6.45) is 5.82. The normalized spacial score (nSPS) is 24.2. The van der Waals surface area contributed by atoms with Gasteiger partial charge in [0.1, 0.15) is 6.17 Å². The Kier molecular flexibility index (Phi) is 5.91. The smallest absolute Gasteiger partial charge is 0.170 e. The van der Waals surface area contributed by atoms with Crippen molar-refractivity contribution in [1.82, 2.24) is 9.88 Å². The number of aromatic nitrogens is 1. The highest BCUT2D eigenvalue weighted by molar-refractivity contribution is 6.32. The zero-order valence-electron chi connectivity index (χ0n) is 17.6. The van der Waals surface area contributed by atoms with Gasteiger partial charge >= 0.3 is 0 Å². The van der Waals surface area contributed by atoms with Crippen LogP contribution in [0.1, 0.15) is 32.1 Å². The lowest BCUT2D eigenvalue weighted by Crippen LogP contribution is -2.39. The minimum atomic E-state index is -0.752. The van der Waals surface area contributed by atoms with Crippen LogP contribution in [0.25, 0.3) is 22.0 Å². The maximum Gasteiger partial charge on any atom is 0.170 e. The number of benzene rings is 2. The Morgan fingerprint density at radius 2 is 1.91 bits per heavy atom. The van der Waals surface area contributed by atoms with Gasteiger partial charge in [0, 0.05) is 42.8 Å². The average Bonchev–Trinajstić information content (AvgIpc) is 3.24. The fraction of sp³-hybridized carbons (Fsp3) is 0.400. The molecule has 1 aromatic heterocycles. The topological polar surface area (TPSA) is 48.4 Å². The molecule has 2 N–H and O–H groups in total. The van der Waals surface area contributed by atoms with Gasteiger partial charge in [-0.1, -0.05) is 17.7 Å². The number of fused-ring (bicyclic) bond motifs is 1. The Morgan fingerprint density at radius 1 is 1.09 bits per heavy atom.